The quantitative estimate of drug-likeness (QED) is 0.800. The first-order valence-electron chi connectivity index (χ1n) is 7.49. The SMILES string of the molecule is C[C@@H](CS(C)(=O)=O)N(C)C(=O)[C@@H]1CC(=O)N(c2ccccc2)C1. The number of anilines is 1. The van der Waals surface area contributed by atoms with E-state index in [1.165, 1.54) is 4.90 Å². The number of rotatable bonds is 5. The molecule has 1 saturated heterocycles. The molecule has 0 unspecified atom stereocenters. The molecule has 1 aromatic carbocycles. The first kappa shape index (κ1) is 17.5. The van der Waals surface area contributed by atoms with Crippen LogP contribution in [0.5, 0.6) is 0 Å². The van der Waals surface area contributed by atoms with Crippen molar-refractivity contribution in [1.82, 2.24) is 4.90 Å². The lowest BCUT2D eigenvalue weighted by Crippen LogP contribution is -2.43. The van der Waals surface area contributed by atoms with Crippen molar-refractivity contribution in [1.29, 1.82) is 0 Å². The number of hydrogen-bond donors (Lipinski definition) is 0. The number of para-hydroxylation sites is 1. The summed E-state index contributed by atoms with van der Waals surface area (Å²) in [7, 11) is -1.57. The van der Waals surface area contributed by atoms with Gasteiger partial charge < -0.3 is 9.80 Å². The number of hydrogen-bond acceptors (Lipinski definition) is 4. The minimum Gasteiger partial charge on any atom is -0.342 e. The van der Waals surface area contributed by atoms with Gasteiger partial charge in [-0.25, -0.2) is 8.42 Å². The molecule has 1 aromatic rings. The molecule has 0 spiro atoms. The lowest BCUT2D eigenvalue weighted by atomic mass is 10.1. The Morgan fingerprint density at radius 1 is 1.35 bits per heavy atom. The summed E-state index contributed by atoms with van der Waals surface area (Å²) in [5, 5.41) is 0. The maximum Gasteiger partial charge on any atom is 0.228 e. The zero-order chi connectivity index (χ0) is 17.2. The van der Waals surface area contributed by atoms with Crippen LogP contribution in [0.15, 0.2) is 30.3 Å². The van der Waals surface area contributed by atoms with E-state index in [0.29, 0.717) is 6.54 Å². The summed E-state index contributed by atoms with van der Waals surface area (Å²) in [6, 6.07) is 8.81. The number of benzene rings is 1. The number of carbonyl (C=O) groups excluding carboxylic acids is 2. The van der Waals surface area contributed by atoms with E-state index >= 15 is 0 Å². The van der Waals surface area contributed by atoms with Crippen LogP contribution in [0.25, 0.3) is 0 Å². The Morgan fingerprint density at radius 3 is 2.52 bits per heavy atom. The van der Waals surface area contributed by atoms with Crippen molar-refractivity contribution in [2.75, 3.05) is 30.5 Å². The number of carbonyl (C=O) groups is 2. The molecule has 2 atom stereocenters. The summed E-state index contributed by atoms with van der Waals surface area (Å²) < 4.78 is 22.8. The van der Waals surface area contributed by atoms with Crippen molar-refractivity contribution in [3.05, 3.63) is 30.3 Å². The summed E-state index contributed by atoms with van der Waals surface area (Å²) in [5.74, 6) is -0.792. The highest BCUT2D eigenvalue weighted by Gasteiger charge is 2.37. The third-order valence-corrected chi connectivity index (χ3v) is 5.18. The van der Waals surface area contributed by atoms with Gasteiger partial charge in [-0.15, -0.1) is 0 Å². The predicted molar refractivity (Wildman–Crippen MR) is 88.8 cm³/mol. The third kappa shape index (κ3) is 4.31. The molecule has 23 heavy (non-hydrogen) atoms. The molecule has 2 amide bonds. The summed E-state index contributed by atoms with van der Waals surface area (Å²) >= 11 is 0. The Labute approximate surface area is 137 Å². The van der Waals surface area contributed by atoms with E-state index in [1.54, 1.807) is 18.9 Å². The average Bonchev–Trinajstić information content (AvgIpc) is 2.87. The normalized spacial score (nSPS) is 19.7. The van der Waals surface area contributed by atoms with E-state index in [1.807, 2.05) is 30.3 Å². The largest absolute Gasteiger partial charge is 0.342 e. The van der Waals surface area contributed by atoms with Crippen molar-refractivity contribution >= 4 is 27.3 Å². The van der Waals surface area contributed by atoms with Gasteiger partial charge in [0.25, 0.3) is 0 Å². The maximum atomic E-state index is 12.5. The van der Waals surface area contributed by atoms with Gasteiger partial charge in [0.15, 0.2) is 0 Å². The summed E-state index contributed by atoms with van der Waals surface area (Å²) in [6.45, 7) is 2.03. The molecule has 1 aliphatic rings. The maximum absolute atomic E-state index is 12.5. The topological polar surface area (TPSA) is 74.8 Å². The lowest BCUT2D eigenvalue weighted by Gasteiger charge is -2.27. The zero-order valence-corrected chi connectivity index (χ0v) is 14.4. The van der Waals surface area contributed by atoms with Gasteiger partial charge in [-0.1, -0.05) is 18.2 Å². The Morgan fingerprint density at radius 2 is 1.96 bits per heavy atom. The Bertz CT molecular complexity index is 687. The molecule has 1 fully saturated rings. The van der Waals surface area contributed by atoms with Gasteiger partial charge in [-0.2, -0.15) is 0 Å². The van der Waals surface area contributed by atoms with Gasteiger partial charge in [-0.3, -0.25) is 9.59 Å². The highest BCUT2D eigenvalue weighted by Crippen LogP contribution is 2.26. The van der Waals surface area contributed by atoms with E-state index in [9.17, 15) is 18.0 Å². The molecule has 7 heteroatoms. The minimum atomic E-state index is -3.16. The average molecular weight is 338 g/mol. The molecule has 0 N–H and O–H groups in total. The fourth-order valence-electron chi connectivity index (χ4n) is 2.79. The molecule has 2 rings (SSSR count). The molecule has 0 bridgehead atoms. The van der Waals surface area contributed by atoms with Crippen molar-refractivity contribution in [2.45, 2.75) is 19.4 Å². The molecule has 0 radical (unpaired) electrons. The molecule has 126 valence electrons. The van der Waals surface area contributed by atoms with Crippen molar-refractivity contribution in [3.63, 3.8) is 0 Å². The fraction of sp³-hybridized carbons (Fsp3) is 0.500. The highest BCUT2D eigenvalue weighted by molar-refractivity contribution is 7.90. The first-order valence-corrected chi connectivity index (χ1v) is 9.55. The van der Waals surface area contributed by atoms with E-state index in [-0.39, 0.29) is 24.0 Å². The molecular weight excluding hydrogens is 316 g/mol. The van der Waals surface area contributed by atoms with Crippen LogP contribution in [0, 0.1) is 5.92 Å². The van der Waals surface area contributed by atoms with Crippen LogP contribution in [0.2, 0.25) is 0 Å². The monoisotopic (exact) mass is 338 g/mol. The zero-order valence-electron chi connectivity index (χ0n) is 13.6. The molecule has 1 aliphatic heterocycles. The van der Waals surface area contributed by atoms with Crippen LogP contribution in [-0.4, -0.2) is 56.8 Å². The summed E-state index contributed by atoms with van der Waals surface area (Å²) in [6.07, 6.45) is 1.31. The predicted octanol–water partition coefficient (Wildman–Crippen LogP) is 0.931. The molecule has 0 aliphatic carbocycles. The van der Waals surface area contributed by atoms with Crippen LogP contribution in [0.4, 0.5) is 5.69 Å². The number of sulfone groups is 1. The van der Waals surface area contributed by atoms with Crippen LogP contribution < -0.4 is 4.90 Å². The molecule has 6 nitrogen and oxygen atoms in total. The second-order valence-corrected chi connectivity index (χ2v) is 8.32. The molecule has 0 aromatic heterocycles. The van der Waals surface area contributed by atoms with Gasteiger partial charge in [-0.05, 0) is 19.1 Å². The summed E-state index contributed by atoms with van der Waals surface area (Å²) in [5.41, 5.74) is 0.777. The Kier molecular flexibility index (Phi) is 5.09. The van der Waals surface area contributed by atoms with Gasteiger partial charge in [0.2, 0.25) is 11.8 Å². The van der Waals surface area contributed by atoms with Crippen molar-refractivity contribution in [3.8, 4) is 0 Å². The van der Waals surface area contributed by atoms with Gasteiger partial charge in [0.1, 0.15) is 9.84 Å². The van der Waals surface area contributed by atoms with E-state index in [2.05, 4.69) is 0 Å². The van der Waals surface area contributed by atoms with E-state index in [0.717, 1.165) is 11.9 Å². The van der Waals surface area contributed by atoms with Gasteiger partial charge in [0, 0.05) is 38.0 Å². The van der Waals surface area contributed by atoms with Crippen molar-refractivity contribution in [2.24, 2.45) is 5.92 Å². The summed E-state index contributed by atoms with van der Waals surface area (Å²) in [4.78, 5) is 27.8. The lowest BCUT2D eigenvalue weighted by molar-refractivity contribution is -0.135. The fourth-order valence-corrected chi connectivity index (χ4v) is 3.89. The van der Waals surface area contributed by atoms with Gasteiger partial charge >= 0.3 is 0 Å². The minimum absolute atomic E-state index is 0.0845. The van der Waals surface area contributed by atoms with Crippen LogP contribution >= 0.6 is 0 Å². The molecular formula is C16H22N2O4S. The Hall–Kier alpha value is -1.89. The van der Waals surface area contributed by atoms with E-state index < -0.39 is 21.8 Å². The second kappa shape index (κ2) is 6.70. The smallest absolute Gasteiger partial charge is 0.228 e. The molecule has 0 saturated carbocycles. The van der Waals surface area contributed by atoms with E-state index in [4.69, 9.17) is 0 Å². The number of nitrogens with zero attached hydrogens (tertiary/aromatic N) is 2. The molecule has 1 heterocycles. The third-order valence-electron chi connectivity index (χ3n) is 4.09. The standard InChI is InChI=1S/C16H22N2O4S/c1-12(11-23(3,21)22)17(2)16(20)13-9-15(19)18(10-13)14-7-5-4-6-8-14/h4-8,12-13H,9-11H2,1-3H3/t12-,13+/m0/s1. The number of amides is 2. The highest BCUT2D eigenvalue weighted by atomic mass is 32.2. The Balaban J connectivity index is 2.05. The van der Waals surface area contributed by atoms with Crippen LogP contribution in [-0.2, 0) is 19.4 Å². The van der Waals surface area contributed by atoms with Crippen LogP contribution in [0.3, 0.4) is 0 Å². The van der Waals surface area contributed by atoms with Gasteiger partial charge in [0.05, 0.1) is 11.7 Å². The van der Waals surface area contributed by atoms with Crippen LogP contribution in [0.1, 0.15) is 13.3 Å². The second-order valence-electron chi connectivity index (χ2n) is 6.13. The van der Waals surface area contributed by atoms with Crippen molar-refractivity contribution < 1.29 is 18.0 Å². The first-order chi connectivity index (χ1) is 10.7.